The Bertz CT molecular complexity index is 626. The number of nitrogens with one attached hydrogen (secondary N) is 1. The number of halogens is 4. The van der Waals surface area contributed by atoms with Gasteiger partial charge in [-0.2, -0.15) is 0 Å². The van der Waals surface area contributed by atoms with Crippen LogP contribution in [0.4, 0.5) is 13.2 Å². The van der Waals surface area contributed by atoms with Crippen LogP contribution in [0.5, 0.6) is 11.5 Å². The summed E-state index contributed by atoms with van der Waals surface area (Å²) in [6, 6.07) is 5.90. The topological polar surface area (TPSA) is 21.3 Å². The van der Waals surface area contributed by atoms with E-state index in [4.69, 9.17) is 16.3 Å². The smallest absolute Gasteiger partial charge is 0.198 e. The molecule has 6 heteroatoms. The summed E-state index contributed by atoms with van der Waals surface area (Å²) in [5, 5.41) is 2.87. The number of benzene rings is 2. The quantitative estimate of drug-likeness (QED) is 0.866. The van der Waals surface area contributed by atoms with Gasteiger partial charge in [0.25, 0.3) is 0 Å². The lowest BCUT2D eigenvalue weighted by molar-refractivity contribution is 0.404. The number of hydrogen-bond acceptors (Lipinski definition) is 2. The first-order chi connectivity index (χ1) is 10.0. The number of ether oxygens (including phenoxy) is 1. The summed E-state index contributed by atoms with van der Waals surface area (Å²) >= 11 is 5.53. The van der Waals surface area contributed by atoms with E-state index in [1.807, 2.05) is 6.92 Å². The highest BCUT2D eigenvalue weighted by Gasteiger charge is 2.14. The highest BCUT2D eigenvalue weighted by atomic mass is 35.5. The summed E-state index contributed by atoms with van der Waals surface area (Å²) < 4.78 is 46.1. The first-order valence-corrected chi connectivity index (χ1v) is 6.70. The highest BCUT2D eigenvalue weighted by molar-refractivity contribution is 6.30. The maximum atomic E-state index is 13.9. The Labute approximate surface area is 125 Å². The van der Waals surface area contributed by atoms with Crippen molar-refractivity contribution in [2.24, 2.45) is 0 Å². The van der Waals surface area contributed by atoms with Gasteiger partial charge in [0.1, 0.15) is 11.6 Å². The molecule has 2 nitrogen and oxygen atoms in total. The van der Waals surface area contributed by atoms with Crippen molar-refractivity contribution in [3.63, 3.8) is 0 Å². The largest absolute Gasteiger partial charge is 0.451 e. The van der Waals surface area contributed by atoms with Crippen LogP contribution in [-0.2, 0) is 6.54 Å². The fourth-order valence-corrected chi connectivity index (χ4v) is 1.86. The van der Waals surface area contributed by atoms with Crippen molar-refractivity contribution in [1.29, 1.82) is 0 Å². The van der Waals surface area contributed by atoms with Gasteiger partial charge in [-0.05, 0) is 36.4 Å². The minimum absolute atomic E-state index is 0.0332. The average molecular weight is 316 g/mol. The summed E-state index contributed by atoms with van der Waals surface area (Å²) in [7, 11) is 0. The van der Waals surface area contributed by atoms with Crippen molar-refractivity contribution in [2.45, 2.75) is 13.5 Å². The van der Waals surface area contributed by atoms with E-state index >= 15 is 0 Å². The molecule has 0 bridgehead atoms. The molecule has 112 valence electrons. The van der Waals surface area contributed by atoms with Gasteiger partial charge in [-0.3, -0.25) is 0 Å². The normalized spacial score (nSPS) is 10.7. The van der Waals surface area contributed by atoms with Gasteiger partial charge in [0.15, 0.2) is 17.4 Å². The molecule has 2 rings (SSSR count). The van der Waals surface area contributed by atoms with Crippen LogP contribution in [0.2, 0.25) is 5.02 Å². The molecular weight excluding hydrogens is 303 g/mol. The van der Waals surface area contributed by atoms with Gasteiger partial charge < -0.3 is 10.1 Å². The Kier molecular flexibility index (Phi) is 5.09. The lowest BCUT2D eigenvalue weighted by atomic mass is 10.2. The maximum absolute atomic E-state index is 13.9. The summed E-state index contributed by atoms with van der Waals surface area (Å²) in [6.07, 6.45) is 0. The van der Waals surface area contributed by atoms with E-state index in [1.54, 1.807) is 0 Å². The van der Waals surface area contributed by atoms with E-state index in [-0.39, 0.29) is 10.8 Å². The zero-order valence-electron chi connectivity index (χ0n) is 11.2. The van der Waals surface area contributed by atoms with Gasteiger partial charge >= 0.3 is 0 Å². The van der Waals surface area contributed by atoms with Crippen LogP contribution in [0.1, 0.15) is 12.5 Å². The lowest BCUT2D eigenvalue weighted by Crippen LogP contribution is -2.12. The van der Waals surface area contributed by atoms with Crippen molar-refractivity contribution in [3.05, 3.63) is 58.4 Å². The minimum Gasteiger partial charge on any atom is -0.451 e. The van der Waals surface area contributed by atoms with Crippen molar-refractivity contribution >= 4 is 11.6 Å². The second kappa shape index (κ2) is 6.83. The summed E-state index contributed by atoms with van der Waals surface area (Å²) in [5.74, 6) is -3.03. The lowest BCUT2D eigenvalue weighted by Gasteiger charge is -2.10. The van der Waals surface area contributed by atoms with Crippen LogP contribution in [-0.4, -0.2) is 6.54 Å². The first-order valence-electron chi connectivity index (χ1n) is 6.32. The molecule has 0 unspecified atom stereocenters. The van der Waals surface area contributed by atoms with Crippen LogP contribution in [0.15, 0.2) is 30.3 Å². The van der Waals surface area contributed by atoms with Gasteiger partial charge in [0, 0.05) is 12.6 Å². The predicted molar refractivity (Wildman–Crippen MR) is 75.2 cm³/mol. The summed E-state index contributed by atoms with van der Waals surface area (Å²) in [5.41, 5.74) is 0.460. The Morgan fingerprint density at radius 1 is 1.05 bits per heavy atom. The van der Waals surface area contributed by atoms with E-state index in [0.717, 1.165) is 6.07 Å². The Morgan fingerprint density at radius 2 is 1.71 bits per heavy atom. The maximum Gasteiger partial charge on any atom is 0.198 e. The Morgan fingerprint density at radius 3 is 2.29 bits per heavy atom. The molecule has 2 aromatic rings. The third-order valence-corrected chi connectivity index (χ3v) is 3.05. The number of hydrogen-bond donors (Lipinski definition) is 1. The molecule has 0 saturated heterocycles. The minimum atomic E-state index is -0.849. The second-order valence-electron chi connectivity index (χ2n) is 4.35. The molecular formula is C15H13ClF3NO. The SMILES string of the molecule is CCNCc1cc(F)c(Oc2ccc(Cl)c(F)c2)c(F)c1. The van der Waals surface area contributed by atoms with Crippen LogP contribution in [0, 0.1) is 17.5 Å². The fraction of sp³-hybridized carbons (Fsp3) is 0.200. The zero-order valence-corrected chi connectivity index (χ0v) is 12.0. The molecule has 0 radical (unpaired) electrons. The van der Waals surface area contributed by atoms with E-state index in [1.165, 1.54) is 24.3 Å². The van der Waals surface area contributed by atoms with Crippen molar-refractivity contribution < 1.29 is 17.9 Å². The van der Waals surface area contributed by atoms with Gasteiger partial charge in [0.05, 0.1) is 5.02 Å². The molecule has 0 heterocycles. The molecule has 0 fully saturated rings. The van der Waals surface area contributed by atoms with Crippen molar-refractivity contribution in [3.8, 4) is 11.5 Å². The predicted octanol–water partition coefficient (Wildman–Crippen LogP) is 4.66. The van der Waals surface area contributed by atoms with E-state index in [9.17, 15) is 13.2 Å². The average Bonchev–Trinajstić information content (AvgIpc) is 2.44. The van der Waals surface area contributed by atoms with Crippen LogP contribution in [0.3, 0.4) is 0 Å². The Hall–Kier alpha value is -1.72. The molecule has 0 aromatic heterocycles. The van der Waals surface area contributed by atoms with Crippen LogP contribution >= 0.6 is 11.6 Å². The van der Waals surface area contributed by atoms with Crippen LogP contribution in [0.25, 0.3) is 0 Å². The first kappa shape index (κ1) is 15.7. The van der Waals surface area contributed by atoms with E-state index in [0.29, 0.717) is 18.7 Å². The van der Waals surface area contributed by atoms with Crippen molar-refractivity contribution in [2.75, 3.05) is 6.54 Å². The number of rotatable bonds is 5. The third kappa shape index (κ3) is 3.89. The Balaban J connectivity index is 2.25. The third-order valence-electron chi connectivity index (χ3n) is 2.75. The van der Waals surface area contributed by atoms with E-state index < -0.39 is 23.2 Å². The molecule has 0 spiro atoms. The summed E-state index contributed by atoms with van der Waals surface area (Å²) in [6.45, 7) is 2.92. The molecule has 0 aliphatic heterocycles. The molecule has 21 heavy (non-hydrogen) atoms. The molecule has 1 N–H and O–H groups in total. The molecule has 0 aliphatic rings. The molecule has 0 saturated carbocycles. The molecule has 0 amide bonds. The van der Waals surface area contributed by atoms with Gasteiger partial charge in [-0.15, -0.1) is 0 Å². The second-order valence-corrected chi connectivity index (χ2v) is 4.75. The summed E-state index contributed by atoms with van der Waals surface area (Å²) in [4.78, 5) is 0. The van der Waals surface area contributed by atoms with Crippen molar-refractivity contribution in [1.82, 2.24) is 5.32 Å². The standard InChI is InChI=1S/C15H13ClF3NO/c1-2-20-8-9-5-13(18)15(14(19)6-9)21-10-3-4-11(16)12(17)7-10/h3-7,20H,2,8H2,1H3. The molecule has 0 atom stereocenters. The fourth-order valence-electron chi connectivity index (χ4n) is 1.74. The highest BCUT2D eigenvalue weighted by Crippen LogP contribution is 2.30. The van der Waals surface area contributed by atoms with Gasteiger partial charge in [-0.25, -0.2) is 13.2 Å². The molecule has 2 aromatic carbocycles. The van der Waals surface area contributed by atoms with Crippen LogP contribution < -0.4 is 10.1 Å². The monoisotopic (exact) mass is 315 g/mol. The molecule has 0 aliphatic carbocycles. The zero-order chi connectivity index (χ0) is 15.4. The van der Waals surface area contributed by atoms with Gasteiger partial charge in [-0.1, -0.05) is 18.5 Å². The van der Waals surface area contributed by atoms with Gasteiger partial charge in [0.2, 0.25) is 0 Å². The van der Waals surface area contributed by atoms with E-state index in [2.05, 4.69) is 5.32 Å².